The zero-order valence-corrected chi connectivity index (χ0v) is 13.1. The van der Waals surface area contributed by atoms with Crippen molar-refractivity contribution < 1.29 is 14.7 Å². The SMILES string of the molecule is Cc1cc(C)c(C(=O)N[C@H](CC(=O)O)c2ccccc2Cl)[nH]1. The van der Waals surface area contributed by atoms with Crippen LogP contribution in [-0.4, -0.2) is 22.0 Å². The van der Waals surface area contributed by atoms with E-state index in [2.05, 4.69) is 10.3 Å². The summed E-state index contributed by atoms with van der Waals surface area (Å²) < 4.78 is 0. The molecular formula is C16H17ClN2O3. The fraction of sp³-hybridized carbons (Fsp3) is 0.250. The maximum atomic E-state index is 12.4. The molecule has 2 aromatic rings. The Morgan fingerprint density at radius 3 is 2.55 bits per heavy atom. The van der Waals surface area contributed by atoms with E-state index in [4.69, 9.17) is 16.7 Å². The van der Waals surface area contributed by atoms with Crippen LogP contribution in [0.5, 0.6) is 0 Å². The van der Waals surface area contributed by atoms with E-state index in [-0.39, 0.29) is 12.3 Å². The lowest BCUT2D eigenvalue weighted by atomic mass is 10.0. The molecule has 1 aromatic carbocycles. The van der Waals surface area contributed by atoms with Crippen LogP contribution in [0.1, 0.15) is 39.8 Å². The number of carboxylic acids is 1. The molecule has 0 radical (unpaired) electrons. The van der Waals surface area contributed by atoms with Crippen molar-refractivity contribution in [2.45, 2.75) is 26.3 Å². The van der Waals surface area contributed by atoms with Crippen molar-refractivity contribution in [3.05, 3.63) is 57.9 Å². The predicted octanol–water partition coefficient (Wildman–Crippen LogP) is 3.23. The summed E-state index contributed by atoms with van der Waals surface area (Å²) in [6.07, 6.45) is -0.242. The Morgan fingerprint density at radius 1 is 1.32 bits per heavy atom. The standard InChI is InChI=1S/C16H17ClN2O3/c1-9-7-10(2)18-15(9)16(22)19-13(8-14(20)21)11-5-3-4-6-12(11)17/h3-7,13,18H,8H2,1-2H3,(H,19,22)(H,20,21)/t13-/m1/s1. The number of aryl methyl sites for hydroxylation is 2. The second kappa shape index (κ2) is 6.66. The molecule has 0 saturated carbocycles. The maximum Gasteiger partial charge on any atom is 0.305 e. The summed E-state index contributed by atoms with van der Waals surface area (Å²) in [5.41, 5.74) is 2.69. The molecule has 1 heterocycles. The summed E-state index contributed by atoms with van der Waals surface area (Å²) >= 11 is 6.12. The molecule has 116 valence electrons. The first-order chi connectivity index (χ1) is 10.4. The largest absolute Gasteiger partial charge is 0.481 e. The first-order valence-corrected chi connectivity index (χ1v) is 7.19. The van der Waals surface area contributed by atoms with Crippen molar-refractivity contribution in [3.63, 3.8) is 0 Å². The predicted molar refractivity (Wildman–Crippen MR) is 84.2 cm³/mol. The number of halogens is 1. The number of carboxylic acid groups (broad SMARTS) is 1. The molecule has 5 nitrogen and oxygen atoms in total. The number of hydrogen-bond donors (Lipinski definition) is 3. The first kappa shape index (κ1) is 16.1. The van der Waals surface area contributed by atoms with Gasteiger partial charge in [0.1, 0.15) is 5.69 Å². The van der Waals surface area contributed by atoms with Gasteiger partial charge in [-0.05, 0) is 37.1 Å². The van der Waals surface area contributed by atoms with Crippen LogP contribution in [-0.2, 0) is 4.79 Å². The lowest BCUT2D eigenvalue weighted by Gasteiger charge is -2.18. The highest BCUT2D eigenvalue weighted by Gasteiger charge is 2.22. The molecule has 3 N–H and O–H groups in total. The van der Waals surface area contributed by atoms with Crippen LogP contribution in [0.2, 0.25) is 5.02 Å². The summed E-state index contributed by atoms with van der Waals surface area (Å²) in [5, 5.41) is 12.2. The van der Waals surface area contributed by atoms with Gasteiger partial charge in [-0.25, -0.2) is 0 Å². The van der Waals surface area contributed by atoms with Gasteiger partial charge in [-0.1, -0.05) is 29.8 Å². The molecule has 0 aliphatic rings. The van der Waals surface area contributed by atoms with Crippen molar-refractivity contribution in [1.82, 2.24) is 10.3 Å². The van der Waals surface area contributed by atoms with E-state index in [1.165, 1.54) is 0 Å². The molecule has 22 heavy (non-hydrogen) atoms. The van der Waals surface area contributed by atoms with E-state index in [1.54, 1.807) is 24.3 Å². The highest BCUT2D eigenvalue weighted by atomic mass is 35.5. The van der Waals surface area contributed by atoms with Crippen LogP contribution in [0.15, 0.2) is 30.3 Å². The number of carbonyl (C=O) groups is 2. The van der Waals surface area contributed by atoms with Gasteiger partial charge < -0.3 is 15.4 Å². The summed E-state index contributed by atoms with van der Waals surface area (Å²) in [4.78, 5) is 26.4. The average Bonchev–Trinajstić information content (AvgIpc) is 2.77. The van der Waals surface area contributed by atoms with E-state index < -0.39 is 12.0 Å². The molecule has 0 aliphatic heterocycles. The number of aromatic nitrogens is 1. The number of nitrogens with one attached hydrogen (secondary N) is 2. The number of aromatic amines is 1. The van der Waals surface area contributed by atoms with Gasteiger partial charge in [-0.15, -0.1) is 0 Å². The summed E-state index contributed by atoms with van der Waals surface area (Å²) in [5.74, 6) is -1.36. The van der Waals surface area contributed by atoms with E-state index in [9.17, 15) is 9.59 Å². The molecule has 6 heteroatoms. The Kier molecular flexibility index (Phi) is 4.88. The third-order valence-electron chi connectivity index (χ3n) is 3.34. The maximum absolute atomic E-state index is 12.4. The van der Waals surface area contributed by atoms with Crippen LogP contribution in [0.3, 0.4) is 0 Å². The van der Waals surface area contributed by atoms with E-state index >= 15 is 0 Å². The van der Waals surface area contributed by atoms with Crippen molar-refractivity contribution in [2.24, 2.45) is 0 Å². The van der Waals surface area contributed by atoms with Gasteiger partial charge in [-0.3, -0.25) is 9.59 Å². The molecule has 0 aliphatic carbocycles. The Labute approximate surface area is 133 Å². The van der Waals surface area contributed by atoms with Gasteiger partial charge in [-0.2, -0.15) is 0 Å². The van der Waals surface area contributed by atoms with E-state index in [0.29, 0.717) is 16.3 Å². The van der Waals surface area contributed by atoms with E-state index in [1.807, 2.05) is 19.9 Å². The third kappa shape index (κ3) is 3.68. The lowest BCUT2D eigenvalue weighted by Crippen LogP contribution is -2.31. The second-order valence-electron chi connectivity index (χ2n) is 5.16. The Morgan fingerprint density at radius 2 is 2.00 bits per heavy atom. The molecule has 1 amide bonds. The number of benzene rings is 1. The van der Waals surface area contributed by atoms with Crippen molar-refractivity contribution in [2.75, 3.05) is 0 Å². The van der Waals surface area contributed by atoms with Crippen LogP contribution in [0.4, 0.5) is 0 Å². The number of hydrogen-bond acceptors (Lipinski definition) is 2. The summed E-state index contributed by atoms with van der Waals surface area (Å²) in [6.45, 7) is 3.67. The van der Waals surface area contributed by atoms with Gasteiger partial charge in [0, 0.05) is 10.7 Å². The molecule has 0 saturated heterocycles. The third-order valence-corrected chi connectivity index (χ3v) is 3.69. The minimum atomic E-state index is -1.01. The highest BCUT2D eigenvalue weighted by molar-refractivity contribution is 6.31. The van der Waals surface area contributed by atoms with Crippen molar-refractivity contribution in [3.8, 4) is 0 Å². The van der Waals surface area contributed by atoms with E-state index in [0.717, 1.165) is 11.3 Å². The first-order valence-electron chi connectivity index (χ1n) is 6.81. The minimum absolute atomic E-state index is 0.242. The number of aliphatic carboxylic acids is 1. The average molecular weight is 321 g/mol. The normalized spacial score (nSPS) is 12.0. The molecule has 0 fully saturated rings. The monoisotopic (exact) mass is 320 g/mol. The van der Waals surface area contributed by atoms with Crippen molar-refractivity contribution >= 4 is 23.5 Å². The van der Waals surface area contributed by atoms with Gasteiger partial charge in [0.25, 0.3) is 5.91 Å². The van der Waals surface area contributed by atoms with Crippen LogP contribution in [0.25, 0.3) is 0 Å². The quantitative estimate of drug-likeness (QED) is 0.791. The number of amides is 1. The van der Waals surface area contributed by atoms with Gasteiger partial charge in [0.15, 0.2) is 0 Å². The van der Waals surface area contributed by atoms with Crippen LogP contribution < -0.4 is 5.32 Å². The second-order valence-corrected chi connectivity index (χ2v) is 5.56. The number of rotatable bonds is 5. The Balaban J connectivity index is 2.27. The topological polar surface area (TPSA) is 82.2 Å². The highest BCUT2D eigenvalue weighted by Crippen LogP contribution is 2.25. The zero-order chi connectivity index (χ0) is 16.3. The van der Waals surface area contributed by atoms with Crippen molar-refractivity contribution in [1.29, 1.82) is 0 Å². The number of H-pyrrole nitrogens is 1. The smallest absolute Gasteiger partial charge is 0.305 e. The molecule has 0 unspecified atom stereocenters. The molecule has 1 atom stereocenters. The molecular weight excluding hydrogens is 304 g/mol. The number of carbonyl (C=O) groups excluding carboxylic acids is 1. The zero-order valence-electron chi connectivity index (χ0n) is 12.3. The Hall–Kier alpha value is -2.27. The molecule has 0 spiro atoms. The summed E-state index contributed by atoms with van der Waals surface area (Å²) in [7, 11) is 0. The summed E-state index contributed by atoms with van der Waals surface area (Å²) in [6, 6.07) is 8.05. The molecule has 1 aromatic heterocycles. The van der Waals surface area contributed by atoms with Gasteiger partial charge >= 0.3 is 5.97 Å². The fourth-order valence-electron chi connectivity index (χ4n) is 2.37. The minimum Gasteiger partial charge on any atom is -0.481 e. The lowest BCUT2D eigenvalue weighted by molar-refractivity contribution is -0.137. The van der Waals surface area contributed by atoms with Gasteiger partial charge in [0.05, 0.1) is 12.5 Å². The molecule has 2 rings (SSSR count). The van der Waals surface area contributed by atoms with Crippen LogP contribution in [0, 0.1) is 13.8 Å². The molecule has 0 bridgehead atoms. The van der Waals surface area contributed by atoms with Gasteiger partial charge in [0.2, 0.25) is 0 Å². The van der Waals surface area contributed by atoms with Crippen LogP contribution >= 0.6 is 11.6 Å². The fourth-order valence-corrected chi connectivity index (χ4v) is 2.63. The Bertz CT molecular complexity index is 709.